The first-order chi connectivity index (χ1) is 9.65. The van der Waals surface area contributed by atoms with Gasteiger partial charge >= 0.3 is 5.97 Å². The van der Waals surface area contributed by atoms with E-state index in [-0.39, 0.29) is 5.04 Å². The molecule has 0 spiro atoms. The third-order valence-electron chi connectivity index (χ3n) is 4.13. The van der Waals surface area contributed by atoms with E-state index in [4.69, 9.17) is 13.6 Å². The number of fused-ring (bicyclic) bond motifs is 1. The fraction of sp³-hybridized carbons (Fsp3) is 0.438. The molecule has 4 nitrogen and oxygen atoms in total. The molecule has 0 saturated heterocycles. The lowest BCUT2D eigenvalue weighted by atomic mass is 10.2. The number of carbonyl (C=O) groups excluding carboxylic acids is 1. The molecule has 0 aliphatic carbocycles. The highest BCUT2D eigenvalue weighted by molar-refractivity contribution is 6.74. The minimum absolute atomic E-state index is 0.127. The molecule has 1 aromatic heterocycles. The molecule has 0 radical (unpaired) electrons. The van der Waals surface area contributed by atoms with E-state index in [9.17, 15) is 4.79 Å². The molecule has 2 aromatic rings. The number of carbonyl (C=O) groups is 1. The summed E-state index contributed by atoms with van der Waals surface area (Å²) in [6.07, 6.45) is 1.42. The Morgan fingerprint density at radius 1 is 1.24 bits per heavy atom. The standard InChI is InChI=1S/C16H22O4Si/c1-16(2,3)21(5,6)20-11-7-8-12-13(15(17)18-4)10-19-14(12)9-11/h7-10H,1-6H3. The molecule has 0 fully saturated rings. The summed E-state index contributed by atoms with van der Waals surface area (Å²) in [7, 11) is -0.531. The topological polar surface area (TPSA) is 48.7 Å². The number of furan rings is 1. The SMILES string of the molecule is COC(=O)c1coc2cc(O[Si](C)(C)C(C)(C)C)ccc12. The van der Waals surface area contributed by atoms with Crippen molar-refractivity contribution in [1.29, 1.82) is 0 Å². The van der Waals surface area contributed by atoms with Crippen molar-refractivity contribution in [1.82, 2.24) is 0 Å². The van der Waals surface area contributed by atoms with Gasteiger partial charge in [-0.25, -0.2) is 4.79 Å². The molecule has 0 atom stereocenters. The lowest BCUT2D eigenvalue weighted by Crippen LogP contribution is -2.43. The van der Waals surface area contributed by atoms with Crippen molar-refractivity contribution in [2.45, 2.75) is 38.9 Å². The Morgan fingerprint density at radius 2 is 1.90 bits per heavy atom. The number of methoxy groups -OCH3 is 1. The van der Waals surface area contributed by atoms with Gasteiger partial charge in [0.1, 0.15) is 23.2 Å². The Hall–Kier alpha value is -1.75. The second-order valence-electron chi connectivity index (χ2n) is 6.66. The number of hydrogen-bond acceptors (Lipinski definition) is 4. The lowest BCUT2D eigenvalue weighted by molar-refractivity contribution is 0.0602. The number of esters is 1. The lowest BCUT2D eigenvalue weighted by Gasteiger charge is -2.36. The first-order valence-electron chi connectivity index (χ1n) is 6.94. The van der Waals surface area contributed by atoms with Gasteiger partial charge in [-0.15, -0.1) is 0 Å². The molecular formula is C16H22O4Si. The van der Waals surface area contributed by atoms with Gasteiger partial charge in [-0.2, -0.15) is 0 Å². The van der Waals surface area contributed by atoms with Crippen LogP contribution in [0.1, 0.15) is 31.1 Å². The zero-order valence-electron chi connectivity index (χ0n) is 13.4. The van der Waals surface area contributed by atoms with Crippen LogP contribution in [-0.4, -0.2) is 21.4 Å². The monoisotopic (exact) mass is 306 g/mol. The maximum Gasteiger partial charge on any atom is 0.341 e. The van der Waals surface area contributed by atoms with E-state index in [1.807, 2.05) is 18.2 Å². The van der Waals surface area contributed by atoms with Gasteiger partial charge in [-0.3, -0.25) is 0 Å². The molecule has 0 aliphatic rings. The average Bonchev–Trinajstić information content (AvgIpc) is 2.79. The Balaban J connectivity index is 2.35. The van der Waals surface area contributed by atoms with Crippen molar-refractivity contribution < 1.29 is 18.4 Å². The van der Waals surface area contributed by atoms with Crippen LogP contribution >= 0.6 is 0 Å². The minimum Gasteiger partial charge on any atom is -0.543 e. The van der Waals surface area contributed by atoms with E-state index in [1.165, 1.54) is 13.4 Å². The van der Waals surface area contributed by atoms with Crippen LogP contribution in [0, 0.1) is 0 Å². The van der Waals surface area contributed by atoms with Crippen LogP contribution in [0.4, 0.5) is 0 Å². The molecule has 1 heterocycles. The van der Waals surface area contributed by atoms with E-state index in [0.717, 1.165) is 11.1 Å². The third-order valence-corrected chi connectivity index (χ3v) is 8.49. The largest absolute Gasteiger partial charge is 0.543 e. The molecule has 2 rings (SSSR count). The van der Waals surface area contributed by atoms with Crippen LogP contribution in [0.15, 0.2) is 28.9 Å². The van der Waals surface area contributed by atoms with Crippen LogP contribution in [0.5, 0.6) is 5.75 Å². The molecule has 0 unspecified atom stereocenters. The van der Waals surface area contributed by atoms with Gasteiger partial charge in [-0.05, 0) is 30.3 Å². The predicted octanol–water partition coefficient (Wildman–Crippen LogP) is 4.60. The van der Waals surface area contributed by atoms with Crippen molar-refractivity contribution in [2.24, 2.45) is 0 Å². The van der Waals surface area contributed by atoms with Gasteiger partial charge in [-0.1, -0.05) is 20.8 Å². The first-order valence-corrected chi connectivity index (χ1v) is 9.85. The van der Waals surface area contributed by atoms with E-state index in [1.54, 1.807) is 0 Å². The number of ether oxygens (including phenoxy) is 1. The molecule has 0 N–H and O–H groups in total. The molecule has 0 saturated carbocycles. The average molecular weight is 306 g/mol. The van der Waals surface area contributed by atoms with E-state index < -0.39 is 14.3 Å². The summed E-state index contributed by atoms with van der Waals surface area (Å²) in [5.74, 6) is 0.381. The Labute approximate surface area is 126 Å². The summed E-state index contributed by atoms with van der Waals surface area (Å²) >= 11 is 0. The summed E-state index contributed by atoms with van der Waals surface area (Å²) in [5.41, 5.74) is 1.07. The van der Waals surface area contributed by atoms with Gasteiger partial charge in [0, 0.05) is 11.5 Å². The Kier molecular flexibility index (Phi) is 3.89. The highest BCUT2D eigenvalue weighted by Gasteiger charge is 2.39. The molecule has 0 bridgehead atoms. The molecular weight excluding hydrogens is 284 g/mol. The third kappa shape index (κ3) is 2.97. The fourth-order valence-electron chi connectivity index (χ4n) is 1.79. The minimum atomic E-state index is -1.89. The molecule has 0 amide bonds. The molecule has 21 heavy (non-hydrogen) atoms. The van der Waals surface area contributed by atoms with Crippen molar-refractivity contribution in [3.05, 3.63) is 30.0 Å². The van der Waals surface area contributed by atoms with Gasteiger partial charge in [0.25, 0.3) is 0 Å². The maximum absolute atomic E-state index is 11.6. The van der Waals surface area contributed by atoms with Gasteiger partial charge in [0.15, 0.2) is 0 Å². The molecule has 5 heteroatoms. The normalized spacial score (nSPS) is 12.5. The zero-order chi connectivity index (χ0) is 15.8. The number of benzene rings is 1. The predicted molar refractivity (Wildman–Crippen MR) is 85.4 cm³/mol. The molecule has 1 aromatic carbocycles. The van der Waals surface area contributed by atoms with Crippen molar-refractivity contribution in [3.63, 3.8) is 0 Å². The zero-order valence-corrected chi connectivity index (χ0v) is 14.4. The highest BCUT2D eigenvalue weighted by Crippen LogP contribution is 2.38. The van der Waals surface area contributed by atoms with Gasteiger partial charge in [0.2, 0.25) is 8.32 Å². The second-order valence-corrected chi connectivity index (χ2v) is 11.4. The Bertz CT molecular complexity index is 664. The maximum atomic E-state index is 11.6. The Morgan fingerprint density at radius 3 is 2.48 bits per heavy atom. The van der Waals surface area contributed by atoms with E-state index >= 15 is 0 Å². The van der Waals surface area contributed by atoms with Gasteiger partial charge < -0.3 is 13.6 Å². The smallest absolute Gasteiger partial charge is 0.341 e. The van der Waals surface area contributed by atoms with Crippen molar-refractivity contribution in [3.8, 4) is 5.75 Å². The second kappa shape index (κ2) is 5.22. The van der Waals surface area contributed by atoms with Crippen LogP contribution in [-0.2, 0) is 4.74 Å². The first kappa shape index (κ1) is 15.6. The van der Waals surface area contributed by atoms with Gasteiger partial charge in [0.05, 0.1) is 7.11 Å². The molecule has 0 aliphatic heterocycles. The summed E-state index contributed by atoms with van der Waals surface area (Å²) in [5, 5.41) is 0.867. The van der Waals surface area contributed by atoms with Crippen LogP contribution < -0.4 is 4.43 Å². The van der Waals surface area contributed by atoms with E-state index in [0.29, 0.717) is 11.1 Å². The number of rotatable bonds is 3. The van der Waals surface area contributed by atoms with Crippen LogP contribution in [0.25, 0.3) is 11.0 Å². The summed E-state index contributed by atoms with van der Waals surface area (Å²) in [6, 6.07) is 5.56. The quantitative estimate of drug-likeness (QED) is 0.614. The summed E-state index contributed by atoms with van der Waals surface area (Å²) in [6.45, 7) is 11.0. The summed E-state index contributed by atoms with van der Waals surface area (Å²) < 4.78 is 16.4. The van der Waals surface area contributed by atoms with Crippen LogP contribution in [0.2, 0.25) is 18.1 Å². The van der Waals surface area contributed by atoms with E-state index in [2.05, 4.69) is 33.9 Å². The fourth-order valence-corrected chi connectivity index (χ4v) is 2.81. The molecule has 114 valence electrons. The highest BCUT2D eigenvalue weighted by atomic mass is 28.4. The van der Waals surface area contributed by atoms with Crippen molar-refractivity contribution in [2.75, 3.05) is 7.11 Å². The summed E-state index contributed by atoms with van der Waals surface area (Å²) in [4.78, 5) is 11.6. The van der Waals surface area contributed by atoms with Crippen molar-refractivity contribution >= 4 is 25.3 Å². The van der Waals surface area contributed by atoms with Crippen LogP contribution in [0.3, 0.4) is 0 Å². The number of hydrogen-bond donors (Lipinski definition) is 0.